The van der Waals surface area contributed by atoms with E-state index < -0.39 is 25.9 Å². The standard InChI is InChI=1S/C13H17N3O5S2/c1-15-11-4-3-10(7-12(11)16(2)13(15)17)23(20,21)14-9-5-6-22(18,19)8-9/h3-4,7,9,14H,5-6,8H2,1-2H3/t9-/m0/s1. The highest BCUT2D eigenvalue weighted by Crippen LogP contribution is 2.20. The van der Waals surface area contributed by atoms with Crippen molar-refractivity contribution < 1.29 is 16.8 Å². The zero-order valence-corrected chi connectivity index (χ0v) is 14.3. The minimum atomic E-state index is -3.84. The van der Waals surface area contributed by atoms with Crippen LogP contribution in [0.5, 0.6) is 0 Å². The fourth-order valence-electron chi connectivity index (χ4n) is 2.83. The molecular weight excluding hydrogens is 342 g/mol. The van der Waals surface area contributed by atoms with Crippen molar-refractivity contribution in [2.75, 3.05) is 11.5 Å². The van der Waals surface area contributed by atoms with Crippen LogP contribution in [0, 0.1) is 0 Å². The fraction of sp³-hybridized carbons (Fsp3) is 0.462. The number of aromatic nitrogens is 2. The SMILES string of the molecule is Cn1c(=O)n(C)c2cc(S(=O)(=O)N[C@H]3CCS(=O)(=O)C3)ccc21. The van der Waals surface area contributed by atoms with Gasteiger partial charge in [0.2, 0.25) is 10.0 Å². The van der Waals surface area contributed by atoms with Gasteiger partial charge in [-0.3, -0.25) is 9.13 Å². The minimum absolute atomic E-state index is 0.00753. The molecule has 1 aromatic heterocycles. The van der Waals surface area contributed by atoms with Gasteiger partial charge in [0.25, 0.3) is 0 Å². The lowest BCUT2D eigenvalue weighted by Crippen LogP contribution is -2.35. The highest BCUT2D eigenvalue weighted by atomic mass is 32.2. The summed E-state index contributed by atoms with van der Waals surface area (Å²) in [6.07, 6.45) is 0.271. The quantitative estimate of drug-likeness (QED) is 0.783. The third-order valence-corrected chi connectivity index (χ3v) is 7.39. The molecule has 23 heavy (non-hydrogen) atoms. The number of nitrogens with zero attached hydrogens (tertiary/aromatic N) is 2. The summed E-state index contributed by atoms with van der Waals surface area (Å²) < 4.78 is 53.0. The number of hydrogen-bond acceptors (Lipinski definition) is 5. The van der Waals surface area contributed by atoms with Crippen molar-refractivity contribution in [2.45, 2.75) is 17.4 Å². The number of sulfone groups is 1. The van der Waals surface area contributed by atoms with Gasteiger partial charge >= 0.3 is 5.69 Å². The van der Waals surface area contributed by atoms with Crippen LogP contribution in [-0.4, -0.2) is 43.5 Å². The van der Waals surface area contributed by atoms with Crippen LogP contribution in [0.4, 0.5) is 0 Å². The largest absolute Gasteiger partial charge is 0.328 e. The van der Waals surface area contributed by atoms with Gasteiger partial charge in [0, 0.05) is 20.1 Å². The van der Waals surface area contributed by atoms with Gasteiger partial charge in [0.15, 0.2) is 9.84 Å². The maximum atomic E-state index is 12.4. The summed E-state index contributed by atoms with van der Waals surface area (Å²) >= 11 is 0. The van der Waals surface area contributed by atoms with E-state index in [1.807, 2.05) is 0 Å². The second-order valence-corrected chi connectivity index (χ2v) is 9.72. The number of sulfonamides is 1. The Kier molecular flexibility index (Phi) is 3.65. The average Bonchev–Trinajstić information content (AvgIpc) is 2.91. The fourth-order valence-corrected chi connectivity index (χ4v) is 5.90. The predicted octanol–water partition coefficient (Wildman–Crippen LogP) is -0.658. The monoisotopic (exact) mass is 359 g/mol. The summed E-state index contributed by atoms with van der Waals surface area (Å²) in [4.78, 5) is 11.9. The maximum absolute atomic E-state index is 12.4. The average molecular weight is 359 g/mol. The van der Waals surface area contributed by atoms with Crippen molar-refractivity contribution in [1.82, 2.24) is 13.9 Å². The zero-order chi connectivity index (χ0) is 17.0. The van der Waals surface area contributed by atoms with Crippen molar-refractivity contribution in [3.8, 4) is 0 Å². The third-order valence-electron chi connectivity index (χ3n) is 4.11. The Morgan fingerprint density at radius 1 is 1.17 bits per heavy atom. The Balaban J connectivity index is 1.99. The molecule has 1 aliphatic heterocycles. The van der Waals surface area contributed by atoms with Crippen LogP contribution in [-0.2, 0) is 34.0 Å². The van der Waals surface area contributed by atoms with Gasteiger partial charge in [-0.25, -0.2) is 26.4 Å². The van der Waals surface area contributed by atoms with E-state index in [0.717, 1.165) is 0 Å². The van der Waals surface area contributed by atoms with E-state index in [1.165, 1.54) is 21.3 Å². The molecule has 3 rings (SSSR count). The van der Waals surface area contributed by atoms with E-state index in [1.54, 1.807) is 20.2 Å². The molecule has 0 amide bonds. The van der Waals surface area contributed by atoms with Gasteiger partial charge in [-0.05, 0) is 24.6 Å². The zero-order valence-electron chi connectivity index (χ0n) is 12.7. The summed E-state index contributed by atoms with van der Waals surface area (Å²) in [5.41, 5.74) is 0.878. The molecule has 0 radical (unpaired) electrons. The van der Waals surface area contributed by atoms with Crippen molar-refractivity contribution in [3.63, 3.8) is 0 Å². The molecule has 0 spiro atoms. The number of imidazole rings is 1. The molecule has 1 aliphatic rings. The summed E-state index contributed by atoms with van der Waals surface area (Å²) in [7, 11) is -3.84. The topological polar surface area (TPSA) is 107 Å². The molecule has 0 saturated carbocycles. The molecule has 8 nitrogen and oxygen atoms in total. The molecule has 0 bridgehead atoms. The molecule has 0 aliphatic carbocycles. The van der Waals surface area contributed by atoms with E-state index in [-0.39, 0.29) is 28.5 Å². The molecule has 10 heteroatoms. The Morgan fingerprint density at radius 2 is 1.83 bits per heavy atom. The molecule has 1 atom stereocenters. The maximum Gasteiger partial charge on any atom is 0.328 e. The summed E-state index contributed by atoms with van der Waals surface area (Å²) in [6.45, 7) is 0. The Hall–Kier alpha value is -1.65. The van der Waals surface area contributed by atoms with Crippen molar-refractivity contribution in [2.24, 2.45) is 14.1 Å². The van der Waals surface area contributed by atoms with Gasteiger partial charge in [0.1, 0.15) is 0 Å². The molecular formula is C13H17N3O5S2. The lowest BCUT2D eigenvalue weighted by molar-refractivity contribution is 0.562. The Morgan fingerprint density at radius 3 is 2.43 bits per heavy atom. The van der Waals surface area contributed by atoms with Crippen LogP contribution in [0.2, 0.25) is 0 Å². The first-order valence-electron chi connectivity index (χ1n) is 6.99. The molecule has 1 saturated heterocycles. The van der Waals surface area contributed by atoms with E-state index in [4.69, 9.17) is 0 Å². The van der Waals surface area contributed by atoms with Gasteiger partial charge in [-0.2, -0.15) is 0 Å². The number of benzene rings is 1. The lowest BCUT2D eigenvalue weighted by Gasteiger charge is -2.11. The highest BCUT2D eigenvalue weighted by molar-refractivity contribution is 7.92. The molecule has 1 aromatic carbocycles. The van der Waals surface area contributed by atoms with Gasteiger partial charge < -0.3 is 0 Å². The number of aryl methyl sites for hydroxylation is 2. The first kappa shape index (κ1) is 16.2. The van der Waals surface area contributed by atoms with Gasteiger partial charge in [-0.1, -0.05) is 0 Å². The van der Waals surface area contributed by atoms with Crippen molar-refractivity contribution >= 4 is 30.9 Å². The first-order valence-corrected chi connectivity index (χ1v) is 10.3. The van der Waals surface area contributed by atoms with Gasteiger partial charge in [0.05, 0.1) is 27.4 Å². The number of nitrogens with one attached hydrogen (secondary N) is 1. The second-order valence-electron chi connectivity index (χ2n) is 5.77. The predicted molar refractivity (Wildman–Crippen MR) is 85.5 cm³/mol. The molecule has 2 heterocycles. The molecule has 1 fully saturated rings. The van der Waals surface area contributed by atoms with E-state index in [9.17, 15) is 21.6 Å². The number of fused-ring (bicyclic) bond motifs is 1. The van der Waals surface area contributed by atoms with Crippen LogP contribution in [0.1, 0.15) is 6.42 Å². The summed E-state index contributed by atoms with van der Waals surface area (Å²) in [5.74, 6) is -0.190. The van der Waals surface area contributed by atoms with E-state index in [2.05, 4.69) is 4.72 Å². The molecule has 126 valence electrons. The second kappa shape index (κ2) is 5.18. The summed E-state index contributed by atoms with van der Waals surface area (Å²) in [5, 5.41) is 0. The Labute approximate surface area is 133 Å². The normalized spacial score (nSPS) is 21.0. The molecule has 0 unspecified atom stereocenters. The van der Waals surface area contributed by atoms with Crippen LogP contribution < -0.4 is 10.4 Å². The molecule has 1 N–H and O–H groups in total. The Bertz CT molecular complexity index is 1050. The van der Waals surface area contributed by atoms with Crippen LogP contribution >= 0.6 is 0 Å². The smallest absolute Gasteiger partial charge is 0.295 e. The van der Waals surface area contributed by atoms with E-state index >= 15 is 0 Å². The van der Waals surface area contributed by atoms with Gasteiger partial charge in [-0.15, -0.1) is 0 Å². The number of hydrogen-bond donors (Lipinski definition) is 1. The van der Waals surface area contributed by atoms with Crippen molar-refractivity contribution in [1.29, 1.82) is 0 Å². The minimum Gasteiger partial charge on any atom is -0.295 e. The van der Waals surface area contributed by atoms with Crippen LogP contribution in [0.3, 0.4) is 0 Å². The van der Waals surface area contributed by atoms with Crippen molar-refractivity contribution in [3.05, 3.63) is 28.7 Å². The summed E-state index contributed by atoms with van der Waals surface area (Å²) in [6, 6.07) is 3.78. The first-order chi connectivity index (χ1) is 10.6. The van der Waals surface area contributed by atoms with Crippen LogP contribution in [0.25, 0.3) is 11.0 Å². The lowest BCUT2D eigenvalue weighted by atomic mass is 10.3. The third kappa shape index (κ3) is 2.81. The highest BCUT2D eigenvalue weighted by Gasteiger charge is 2.31. The van der Waals surface area contributed by atoms with E-state index in [0.29, 0.717) is 11.0 Å². The number of rotatable bonds is 3. The molecule has 2 aromatic rings. The van der Waals surface area contributed by atoms with Crippen LogP contribution in [0.15, 0.2) is 27.9 Å².